The molecule has 0 aliphatic rings. The van der Waals surface area contributed by atoms with Crippen LogP contribution in [0.1, 0.15) is 25.3 Å². The van der Waals surface area contributed by atoms with Gasteiger partial charge in [0.15, 0.2) is 0 Å². The van der Waals surface area contributed by atoms with E-state index in [9.17, 15) is 0 Å². The molecular formula is C12H19N3. The smallest absolute Gasteiger partial charge is 0.130 e. The number of nitrogens with one attached hydrogen (secondary N) is 1. The van der Waals surface area contributed by atoms with Crippen molar-refractivity contribution in [3.63, 3.8) is 0 Å². The molecule has 1 heterocycles. The van der Waals surface area contributed by atoms with Crippen LogP contribution in [0.2, 0.25) is 0 Å². The SMILES string of the molecule is CCCNCCC=Cc1cccnc1N. The minimum atomic E-state index is 0.593. The van der Waals surface area contributed by atoms with Crippen LogP contribution in [0.15, 0.2) is 24.4 Å². The van der Waals surface area contributed by atoms with Gasteiger partial charge in [-0.05, 0) is 38.1 Å². The monoisotopic (exact) mass is 205 g/mol. The summed E-state index contributed by atoms with van der Waals surface area (Å²) >= 11 is 0. The molecule has 0 radical (unpaired) electrons. The Hall–Kier alpha value is -1.35. The maximum Gasteiger partial charge on any atom is 0.130 e. The highest BCUT2D eigenvalue weighted by atomic mass is 14.8. The number of pyridine rings is 1. The molecule has 3 heteroatoms. The van der Waals surface area contributed by atoms with E-state index >= 15 is 0 Å². The molecule has 0 saturated carbocycles. The molecule has 0 aliphatic carbocycles. The zero-order chi connectivity index (χ0) is 10.9. The van der Waals surface area contributed by atoms with E-state index in [-0.39, 0.29) is 0 Å². The standard InChI is InChI=1S/C12H19N3/c1-2-8-14-9-4-3-6-11-7-5-10-15-12(11)13/h3,5-7,10,14H,2,4,8-9H2,1H3,(H2,13,15). The Kier molecular flexibility index (Phi) is 5.48. The molecule has 1 aromatic rings. The minimum Gasteiger partial charge on any atom is -0.383 e. The number of rotatable bonds is 6. The van der Waals surface area contributed by atoms with Gasteiger partial charge in [0, 0.05) is 11.8 Å². The van der Waals surface area contributed by atoms with Crippen molar-refractivity contribution in [1.82, 2.24) is 10.3 Å². The Bertz CT molecular complexity index is 307. The molecule has 82 valence electrons. The van der Waals surface area contributed by atoms with Gasteiger partial charge in [-0.2, -0.15) is 0 Å². The quantitative estimate of drug-likeness (QED) is 0.699. The third kappa shape index (κ3) is 4.61. The summed E-state index contributed by atoms with van der Waals surface area (Å²) in [5.41, 5.74) is 6.70. The van der Waals surface area contributed by atoms with Crippen molar-refractivity contribution >= 4 is 11.9 Å². The molecule has 0 aromatic carbocycles. The van der Waals surface area contributed by atoms with Gasteiger partial charge in [0.05, 0.1) is 0 Å². The fraction of sp³-hybridized carbons (Fsp3) is 0.417. The van der Waals surface area contributed by atoms with Crippen molar-refractivity contribution in [2.24, 2.45) is 0 Å². The first kappa shape index (κ1) is 11.7. The third-order valence-corrected chi connectivity index (χ3v) is 2.08. The maximum absolute atomic E-state index is 5.70. The molecular weight excluding hydrogens is 186 g/mol. The topological polar surface area (TPSA) is 50.9 Å². The lowest BCUT2D eigenvalue weighted by Gasteiger charge is -1.99. The van der Waals surface area contributed by atoms with Crippen molar-refractivity contribution in [3.8, 4) is 0 Å². The third-order valence-electron chi connectivity index (χ3n) is 2.08. The lowest BCUT2D eigenvalue weighted by molar-refractivity contribution is 0.679. The van der Waals surface area contributed by atoms with Gasteiger partial charge in [-0.3, -0.25) is 0 Å². The van der Waals surface area contributed by atoms with Gasteiger partial charge in [0.1, 0.15) is 5.82 Å². The van der Waals surface area contributed by atoms with E-state index in [1.54, 1.807) is 6.20 Å². The van der Waals surface area contributed by atoms with E-state index in [1.165, 1.54) is 6.42 Å². The van der Waals surface area contributed by atoms with Gasteiger partial charge in [0.25, 0.3) is 0 Å². The molecule has 0 atom stereocenters. The first-order valence-corrected chi connectivity index (χ1v) is 5.42. The van der Waals surface area contributed by atoms with E-state index < -0.39 is 0 Å². The van der Waals surface area contributed by atoms with Crippen LogP contribution in [0, 0.1) is 0 Å². The molecule has 0 aliphatic heterocycles. The van der Waals surface area contributed by atoms with Gasteiger partial charge in [-0.15, -0.1) is 0 Å². The maximum atomic E-state index is 5.70. The molecule has 15 heavy (non-hydrogen) atoms. The van der Waals surface area contributed by atoms with Crippen LogP contribution in [0.5, 0.6) is 0 Å². The summed E-state index contributed by atoms with van der Waals surface area (Å²) in [6.07, 6.45) is 8.05. The van der Waals surface area contributed by atoms with E-state index in [0.717, 1.165) is 25.1 Å². The second-order valence-corrected chi connectivity index (χ2v) is 3.42. The van der Waals surface area contributed by atoms with Crippen LogP contribution < -0.4 is 11.1 Å². The van der Waals surface area contributed by atoms with Crippen molar-refractivity contribution < 1.29 is 0 Å². The lowest BCUT2D eigenvalue weighted by Crippen LogP contribution is -2.14. The Labute approximate surface area is 91.4 Å². The molecule has 0 bridgehead atoms. The molecule has 3 nitrogen and oxygen atoms in total. The van der Waals surface area contributed by atoms with Crippen LogP contribution >= 0.6 is 0 Å². The van der Waals surface area contributed by atoms with Gasteiger partial charge in [0.2, 0.25) is 0 Å². The summed E-state index contributed by atoms with van der Waals surface area (Å²) in [5.74, 6) is 0.593. The number of hydrogen-bond donors (Lipinski definition) is 2. The van der Waals surface area contributed by atoms with Crippen LogP contribution in [-0.2, 0) is 0 Å². The molecule has 0 fully saturated rings. The van der Waals surface area contributed by atoms with Crippen LogP contribution in [0.3, 0.4) is 0 Å². The first-order chi connectivity index (χ1) is 7.34. The van der Waals surface area contributed by atoms with E-state index in [1.807, 2.05) is 18.2 Å². The van der Waals surface area contributed by atoms with Gasteiger partial charge in [-0.1, -0.05) is 19.1 Å². The highest BCUT2D eigenvalue weighted by Gasteiger charge is 1.92. The lowest BCUT2D eigenvalue weighted by atomic mass is 10.2. The van der Waals surface area contributed by atoms with Gasteiger partial charge in [-0.25, -0.2) is 4.98 Å². The number of hydrogen-bond acceptors (Lipinski definition) is 3. The molecule has 0 saturated heterocycles. The molecule has 1 rings (SSSR count). The van der Waals surface area contributed by atoms with Crippen LogP contribution in [0.4, 0.5) is 5.82 Å². The fourth-order valence-electron chi connectivity index (χ4n) is 1.27. The van der Waals surface area contributed by atoms with Gasteiger partial charge < -0.3 is 11.1 Å². The second kappa shape index (κ2) is 7.01. The molecule has 3 N–H and O–H groups in total. The van der Waals surface area contributed by atoms with E-state index in [2.05, 4.69) is 23.3 Å². The summed E-state index contributed by atoms with van der Waals surface area (Å²) < 4.78 is 0. The minimum absolute atomic E-state index is 0.593. The molecule has 0 spiro atoms. The highest BCUT2D eigenvalue weighted by Crippen LogP contribution is 2.08. The summed E-state index contributed by atoms with van der Waals surface area (Å²) in [7, 11) is 0. The fourth-order valence-corrected chi connectivity index (χ4v) is 1.27. The largest absolute Gasteiger partial charge is 0.383 e. The number of nitrogens with zero attached hydrogens (tertiary/aromatic N) is 1. The number of anilines is 1. The summed E-state index contributed by atoms with van der Waals surface area (Å²) in [6.45, 7) is 4.27. The van der Waals surface area contributed by atoms with Crippen LogP contribution in [-0.4, -0.2) is 18.1 Å². The Balaban J connectivity index is 2.29. The van der Waals surface area contributed by atoms with Crippen molar-refractivity contribution in [2.75, 3.05) is 18.8 Å². The molecule has 0 amide bonds. The Morgan fingerprint density at radius 1 is 1.47 bits per heavy atom. The van der Waals surface area contributed by atoms with Gasteiger partial charge >= 0.3 is 0 Å². The normalized spacial score (nSPS) is 11.0. The number of aromatic nitrogens is 1. The summed E-state index contributed by atoms with van der Waals surface area (Å²) in [5, 5.41) is 3.34. The summed E-state index contributed by atoms with van der Waals surface area (Å²) in [6, 6.07) is 3.86. The average molecular weight is 205 g/mol. The molecule has 0 unspecified atom stereocenters. The first-order valence-electron chi connectivity index (χ1n) is 5.42. The Morgan fingerprint density at radius 2 is 2.33 bits per heavy atom. The van der Waals surface area contributed by atoms with Crippen molar-refractivity contribution in [1.29, 1.82) is 0 Å². The average Bonchev–Trinajstić information content (AvgIpc) is 2.25. The van der Waals surface area contributed by atoms with E-state index in [0.29, 0.717) is 5.82 Å². The predicted octanol–water partition coefficient (Wildman–Crippen LogP) is 2.07. The zero-order valence-corrected chi connectivity index (χ0v) is 9.24. The zero-order valence-electron chi connectivity index (χ0n) is 9.24. The van der Waals surface area contributed by atoms with Crippen molar-refractivity contribution in [3.05, 3.63) is 30.0 Å². The Morgan fingerprint density at radius 3 is 3.07 bits per heavy atom. The van der Waals surface area contributed by atoms with Crippen LogP contribution in [0.25, 0.3) is 6.08 Å². The predicted molar refractivity (Wildman–Crippen MR) is 65.5 cm³/mol. The second-order valence-electron chi connectivity index (χ2n) is 3.42. The molecule has 1 aromatic heterocycles. The highest BCUT2D eigenvalue weighted by molar-refractivity contribution is 5.60. The summed E-state index contributed by atoms with van der Waals surface area (Å²) in [4.78, 5) is 4.02. The van der Waals surface area contributed by atoms with Crippen molar-refractivity contribution in [2.45, 2.75) is 19.8 Å². The number of nitrogen functional groups attached to an aromatic ring is 1. The van der Waals surface area contributed by atoms with E-state index in [4.69, 9.17) is 5.73 Å². The number of nitrogens with two attached hydrogens (primary N) is 1.